The van der Waals surface area contributed by atoms with Crippen molar-refractivity contribution in [1.82, 2.24) is 0 Å². The normalized spacial score (nSPS) is 15.8. The topological polar surface area (TPSA) is 43.4 Å². The molecule has 0 N–H and O–H groups in total. The van der Waals surface area contributed by atoms with Crippen LogP contribution >= 0.6 is 63.7 Å². The molecule has 0 bridgehead atoms. The highest BCUT2D eigenvalue weighted by atomic mass is 79.9. The van der Waals surface area contributed by atoms with Crippen LogP contribution in [0.4, 0.5) is 34.1 Å². The molecule has 0 spiro atoms. The van der Waals surface area contributed by atoms with E-state index in [0.717, 1.165) is 56.9 Å². The molecule has 0 unspecified atom stereocenters. The highest BCUT2D eigenvalue weighted by Gasteiger charge is 2.56. The molecule has 2 heterocycles. The molecule has 5 aliphatic rings. The van der Waals surface area contributed by atoms with E-state index >= 15 is 0 Å². The zero-order valence-corrected chi connectivity index (χ0v) is 97.7. The number of benzene rings is 12. The van der Waals surface area contributed by atoms with Gasteiger partial charge in [0.05, 0.1) is 22.4 Å². The second kappa shape index (κ2) is 51.6. The van der Waals surface area contributed by atoms with E-state index in [2.05, 4.69) is 415 Å². The smallest absolute Gasteiger partial charge is 0.399 e. The number of unbranched alkanes of at least 4 members (excludes halogenated alkanes) is 30. The SMILES string of the molecule is CCCCCCCCC1(CCCCCCCC)c2cc(B3OC(C)(C)C(C)(C)O3)ccc2-c2c1cc(B1OC(C)(C)C(C)(C)O1)c1ccccc21.CCCCCCCCC1(CCCCCCCC)c2cc(Br)ccc2-c2c1cc(Br)c1ccccc21.CCCCCCCCC1(CCCCCCCC)c2cc(N(c3ccc(C)cc3)c3ccc(Br)cc3)ccc2-c2ccc(N(c3ccc(C)cc3)c3ccc(Br)cc3)cc21. The summed E-state index contributed by atoms with van der Waals surface area (Å²) in [5, 5.41) is 5.26. The summed E-state index contributed by atoms with van der Waals surface area (Å²) in [6, 6.07) is 87.5. The lowest BCUT2D eigenvalue weighted by Gasteiger charge is -2.35. The summed E-state index contributed by atoms with van der Waals surface area (Å²) < 4.78 is 31.6. The zero-order chi connectivity index (χ0) is 103. The summed E-state index contributed by atoms with van der Waals surface area (Å²) in [4.78, 5) is 4.90. The van der Waals surface area contributed by atoms with Crippen molar-refractivity contribution < 1.29 is 18.6 Å². The van der Waals surface area contributed by atoms with Gasteiger partial charge in [-0.25, -0.2) is 0 Å². The van der Waals surface area contributed by atoms with Crippen LogP contribution in [0.1, 0.15) is 411 Å². The first-order valence-corrected chi connectivity index (χ1v) is 60.3. The number of nitrogens with zero attached hydrogens (tertiary/aromatic N) is 2. The fourth-order valence-electron chi connectivity index (χ4n) is 24.4. The molecule has 12 heteroatoms. The maximum Gasteiger partial charge on any atom is 0.495 e. The lowest BCUT2D eigenvalue weighted by Crippen LogP contribution is -2.41. The van der Waals surface area contributed by atoms with Gasteiger partial charge >= 0.3 is 14.2 Å². The van der Waals surface area contributed by atoms with Crippen LogP contribution in [0.3, 0.4) is 0 Å². The number of hydrogen-bond acceptors (Lipinski definition) is 6. The van der Waals surface area contributed by atoms with Gasteiger partial charge in [0.2, 0.25) is 0 Å². The summed E-state index contributed by atoms with van der Waals surface area (Å²) in [5.74, 6) is 0. The fraction of sp³-hybridized carbons (Fsp3) is 0.489. The fourth-order valence-corrected chi connectivity index (χ4v) is 25.9. The van der Waals surface area contributed by atoms with Gasteiger partial charge in [0.15, 0.2) is 0 Å². The highest BCUT2D eigenvalue weighted by molar-refractivity contribution is 9.11. The van der Waals surface area contributed by atoms with Crippen molar-refractivity contribution in [2.75, 3.05) is 9.80 Å². The van der Waals surface area contributed by atoms with Gasteiger partial charge in [-0.3, -0.25) is 0 Å². The van der Waals surface area contributed by atoms with Crippen LogP contribution in [0.5, 0.6) is 0 Å². The monoisotopic (exact) mass is 2200 g/mol. The van der Waals surface area contributed by atoms with Gasteiger partial charge in [0, 0.05) is 68.3 Å². The minimum absolute atomic E-state index is 0.0937. The third-order valence-electron chi connectivity index (χ3n) is 34.1. The first kappa shape index (κ1) is 112. The molecule has 770 valence electrons. The minimum atomic E-state index is -0.421. The van der Waals surface area contributed by atoms with Crippen molar-refractivity contribution >= 4 is 145 Å². The summed E-state index contributed by atoms with van der Waals surface area (Å²) >= 11 is 15.2. The van der Waals surface area contributed by atoms with E-state index < -0.39 is 18.3 Å². The predicted molar refractivity (Wildman–Crippen MR) is 642 cm³/mol. The molecule has 0 aromatic heterocycles. The number of rotatable bonds is 50. The number of fused-ring (bicyclic) bond motifs is 13. The summed E-state index contributed by atoms with van der Waals surface area (Å²) in [6.45, 7) is 35.5. The first-order chi connectivity index (χ1) is 70.1. The second-order valence-corrected chi connectivity index (χ2v) is 49.1. The minimum Gasteiger partial charge on any atom is -0.399 e. The average molecular weight is 2200 g/mol. The van der Waals surface area contributed by atoms with Crippen LogP contribution in [0, 0.1) is 13.8 Å². The lowest BCUT2D eigenvalue weighted by atomic mass is 9.66. The van der Waals surface area contributed by atoms with Gasteiger partial charge < -0.3 is 28.4 Å². The van der Waals surface area contributed by atoms with Gasteiger partial charge in [0.1, 0.15) is 0 Å². The van der Waals surface area contributed by atoms with Gasteiger partial charge in [-0.2, -0.15) is 0 Å². The van der Waals surface area contributed by atoms with Crippen LogP contribution in [0.2, 0.25) is 0 Å². The molecule has 0 atom stereocenters. The van der Waals surface area contributed by atoms with Gasteiger partial charge in [-0.1, -0.05) is 463 Å². The van der Waals surface area contributed by atoms with Gasteiger partial charge in [-0.05, 0) is 322 Å². The molecule has 2 fully saturated rings. The Labute approximate surface area is 910 Å². The first-order valence-electron chi connectivity index (χ1n) is 57.1. The molecule has 0 amide bonds. The van der Waals surface area contributed by atoms with Crippen molar-refractivity contribution in [3.8, 4) is 33.4 Å². The van der Waals surface area contributed by atoms with E-state index in [1.54, 1.807) is 11.1 Å². The van der Waals surface area contributed by atoms with E-state index in [1.807, 2.05) is 0 Å². The Balaban J connectivity index is 0.000000169. The maximum absolute atomic E-state index is 6.81. The van der Waals surface area contributed by atoms with Crippen LogP contribution in [0.15, 0.2) is 248 Å². The highest BCUT2D eigenvalue weighted by Crippen LogP contribution is 2.62. The quantitative estimate of drug-likeness (QED) is 0.0280. The molecular formula is C133H170B2Br4N2O4. The molecule has 12 aromatic carbocycles. The van der Waals surface area contributed by atoms with Crippen molar-refractivity contribution in [1.29, 1.82) is 0 Å². The Morgan fingerprint density at radius 2 is 0.503 bits per heavy atom. The van der Waals surface area contributed by atoms with E-state index in [4.69, 9.17) is 18.6 Å². The van der Waals surface area contributed by atoms with Crippen LogP contribution in [-0.4, -0.2) is 36.6 Å². The third kappa shape index (κ3) is 25.7. The number of anilines is 6. The summed E-state index contributed by atoms with van der Waals surface area (Å²) in [6.07, 6.45) is 54.4. The van der Waals surface area contributed by atoms with E-state index in [-0.39, 0.29) is 34.6 Å². The number of hydrogen-bond donors (Lipinski definition) is 0. The zero-order valence-electron chi connectivity index (χ0n) is 91.3. The molecule has 0 radical (unpaired) electrons. The summed E-state index contributed by atoms with van der Waals surface area (Å²) in [5.41, 5.74) is 27.9. The third-order valence-corrected chi connectivity index (χ3v) is 36.3. The second-order valence-electron chi connectivity index (χ2n) is 45.5. The van der Waals surface area contributed by atoms with Crippen molar-refractivity contribution in [2.45, 2.75) is 419 Å². The molecule has 12 aromatic rings. The molecule has 17 rings (SSSR count). The van der Waals surface area contributed by atoms with Crippen molar-refractivity contribution in [2.24, 2.45) is 0 Å². The Bertz CT molecular complexity index is 5880. The van der Waals surface area contributed by atoms with Crippen molar-refractivity contribution in [3.63, 3.8) is 0 Å². The average Bonchev–Trinajstić information content (AvgIpc) is 1.54. The van der Waals surface area contributed by atoms with Gasteiger partial charge in [0.25, 0.3) is 0 Å². The molecule has 2 saturated heterocycles. The molecule has 0 saturated carbocycles. The summed E-state index contributed by atoms with van der Waals surface area (Å²) in [7, 11) is -0.808. The maximum atomic E-state index is 6.81. The largest absolute Gasteiger partial charge is 0.495 e. The van der Waals surface area contributed by atoms with Crippen LogP contribution in [-0.2, 0) is 34.9 Å². The van der Waals surface area contributed by atoms with Crippen LogP contribution < -0.4 is 20.7 Å². The van der Waals surface area contributed by atoms with E-state index in [1.165, 1.54) is 364 Å². The van der Waals surface area contributed by atoms with Crippen molar-refractivity contribution in [3.05, 3.63) is 293 Å². The Kier molecular flexibility index (Phi) is 39.8. The van der Waals surface area contributed by atoms with Crippen LogP contribution in [0.25, 0.3) is 54.9 Å². The standard InChI is InChI=1S/C55H62Br2N2.C45H66B2O4.C33H42Br2/c1-5-7-9-11-13-15-37-55(38-16-14-12-10-8-6-2)53-39-49(58(45-25-17-41(3)18-26-45)47-29-21-43(56)22-30-47)33-35-51(53)52-36-34-50(40-54(52)55)59(46-27-19-42(4)20-28-46)48-31-23-44(57)24-32-48;1-11-13-15-17-19-23-29-45(30-24-20-18-16-14-12-2)37-31-33(46-48-41(3,4)42(5,6)49-46)27-28-36(37)40-35-26-22-21-25-34(35)39(32-38(40)45)47-50-43(7,8)44(9,10)51-47;1-3-5-7-9-11-15-21-33(22-16-12-10-8-6-4-2)29-23-25(34)19-20-28(29)32-27-18-14-13-17-26(27)31(35)24-30(32)33/h17-36,39-40H,5-16,37-38H2,1-4H3;21-22,25-28,31-32H,11-20,23-24,29-30H2,1-10H3;13-14,17-20,23-24H,3-12,15-16,21-22H2,1-2H3. The Morgan fingerprint density at radius 3 is 0.869 bits per heavy atom. The molecular weight excluding hydrogens is 2030 g/mol. The number of halogens is 4. The van der Waals surface area contributed by atoms with Gasteiger partial charge in [-0.15, -0.1) is 0 Å². The van der Waals surface area contributed by atoms with E-state index in [9.17, 15) is 0 Å². The lowest BCUT2D eigenvalue weighted by molar-refractivity contribution is 0.00578. The molecule has 2 aliphatic heterocycles. The molecule has 145 heavy (non-hydrogen) atoms. The molecule has 3 aliphatic carbocycles. The predicted octanol–water partition coefficient (Wildman–Crippen LogP) is 41.9. The Morgan fingerprint density at radius 1 is 0.234 bits per heavy atom. The molecule has 6 nitrogen and oxygen atoms in total. The Hall–Kier alpha value is -7.35. The number of aryl methyl sites for hydroxylation is 2. The van der Waals surface area contributed by atoms with E-state index in [0.29, 0.717) is 0 Å².